The molecule has 1 fully saturated rings. The number of rotatable bonds is 4. The Bertz CT molecular complexity index is 278. The molecule has 8 heteroatoms. The number of carboxylic acid groups (broad SMARTS) is 1. The van der Waals surface area contributed by atoms with E-state index in [9.17, 15) is 18.0 Å². The van der Waals surface area contributed by atoms with Gasteiger partial charge in [0.25, 0.3) is 0 Å². The normalized spacial score (nSPS) is 26.7. The molecule has 1 amide bonds. The molecule has 0 heterocycles. The van der Waals surface area contributed by atoms with Crippen molar-refractivity contribution in [3.8, 4) is 0 Å². The zero-order valence-corrected chi connectivity index (χ0v) is 9.70. The first-order valence-corrected chi connectivity index (χ1v) is 5.76. The van der Waals surface area contributed by atoms with E-state index in [0.717, 1.165) is 0 Å². The van der Waals surface area contributed by atoms with E-state index in [1.54, 1.807) is 0 Å². The summed E-state index contributed by atoms with van der Waals surface area (Å²) in [6.07, 6.45) is -3.67. The lowest BCUT2D eigenvalue weighted by atomic mass is 9.91. The summed E-state index contributed by atoms with van der Waals surface area (Å²) in [6.45, 7) is -0.989. The van der Waals surface area contributed by atoms with E-state index in [1.807, 2.05) is 0 Å². The van der Waals surface area contributed by atoms with Crippen molar-refractivity contribution in [2.75, 3.05) is 6.61 Å². The van der Waals surface area contributed by atoms with Crippen LogP contribution in [0.5, 0.6) is 0 Å². The molecule has 0 aromatic rings. The van der Waals surface area contributed by atoms with Gasteiger partial charge in [-0.25, -0.2) is 4.79 Å². The Morgan fingerprint density at radius 2 is 1.72 bits per heavy atom. The summed E-state index contributed by atoms with van der Waals surface area (Å²) in [6, 6.07) is -2.44. The van der Waals surface area contributed by atoms with Gasteiger partial charge >= 0.3 is 12.3 Å². The van der Waals surface area contributed by atoms with Gasteiger partial charge < -0.3 is 20.8 Å². The summed E-state index contributed by atoms with van der Waals surface area (Å²) < 4.78 is 37.2. The van der Waals surface area contributed by atoms with Crippen molar-refractivity contribution < 1.29 is 28.2 Å². The maximum atomic E-state index is 12.4. The zero-order chi connectivity index (χ0) is 13.8. The van der Waals surface area contributed by atoms with Crippen LogP contribution in [-0.2, 0) is 0 Å². The summed E-state index contributed by atoms with van der Waals surface area (Å²) in [5, 5.41) is 21.9. The van der Waals surface area contributed by atoms with E-state index in [0.29, 0.717) is 25.7 Å². The minimum absolute atomic E-state index is 0.195. The summed E-state index contributed by atoms with van der Waals surface area (Å²) >= 11 is 0. The van der Waals surface area contributed by atoms with Gasteiger partial charge in [0.15, 0.2) is 0 Å². The average molecular weight is 270 g/mol. The molecule has 1 aliphatic carbocycles. The summed E-state index contributed by atoms with van der Waals surface area (Å²) in [7, 11) is 0. The molecule has 1 atom stereocenters. The minimum atomic E-state index is -4.47. The molecule has 1 unspecified atom stereocenters. The molecule has 1 aliphatic rings. The molecule has 1 saturated carbocycles. The van der Waals surface area contributed by atoms with Gasteiger partial charge in [-0.1, -0.05) is 0 Å². The van der Waals surface area contributed by atoms with Gasteiger partial charge in [0.1, 0.15) is 6.04 Å². The maximum absolute atomic E-state index is 12.4. The Kier molecular flexibility index (Phi) is 5.21. The molecule has 1 rings (SSSR count). The van der Waals surface area contributed by atoms with Gasteiger partial charge in [-0.05, 0) is 25.7 Å². The van der Waals surface area contributed by atoms with E-state index in [1.165, 1.54) is 0 Å². The van der Waals surface area contributed by atoms with Crippen LogP contribution in [0.2, 0.25) is 0 Å². The number of nitrogens with one attached hydrogen (secondary N) is 2. The SMILES string of the molecule is O=C(O)N[C@H]1CC[C@@H](NC(CO)C(F)(F)F)CC1. The highest BCUT2D eigenvalue weighted by Gasteiger charge is 2.40. The van der Waals surface area contributed by atoms with Gasteiger partial charge in [0.05, 0.1) is 6.61 Å². The van der Waals surface area contributed by atoms with Crippen LogP contribution in [0, 0.1) is 0 Å². The predicted octanol–water partition coefficient (Wildman–Crippen LogP) is 1.08. The van der Waals surface area contributed by atoms with Gasteiger partial charge in [0.2, 0.25) is 0 Å². The standard InChI is InChI=1S/C10H17F3N2O3/c11-10(12,13)8(5-16)14-6-1-3-7(4-2-6)15-9(17)18/h6-8,14-16H,1-5H2,(H,17,18)/t6-,7+,8?. The van der Waals surface area contributed by atoms with E-state index in [-0.39, 0.29) is 12.1 Å². The second-order valence-corrected chi connectivity index (χ2v) is 4.44. The van der Waals surface area contributed by atoms with Crippen LogP contribution >= 0.6 is 0 Å². The highest BCUT2D eigenvalue weighted by Crippen LogP contribution is 2.24. The zero-order valence-electron chi connectivity index (χ0n) is 9.70. The van der Waals surface area contributed by atoms with Crippen LogP contribution in [0.25, 0.3) is 0 Å². The smallest absolute Gasteiger partial charge is 0.406 e. The number of hydrogen-bond acceptors (Lipinski definition) is 3. The third-order valence-electron chi connectivity index (χ3n) is 3.07. The van der Waals surface area contributed by atoms with Crippen LogP contribution in [-0.4, -0.2) is 47.2 Å². The van der Waals surface area contributed by atoms with Crippen molar-refractivity contribution in [3.05, 3.63) is 0 Å². The molecule has 18 heavy (non-hydrogen) atoms. The maximum Gasteiger partial charge on any atom is 0.406 e. The molecular weight excluding hydrogens is 253 g/mol. The quantitative estimate of drug-likeness (QED) is 0.616. The second kappa shape index (κ2) is 6.24. The van der Waals surface area contributed by atoms with E-state index >= 15 is 0 Å². The minimum Gasteiger partial charge on any atom is -0.465 e. The van der Waals surface area contributed by atoms with Crippen molar-refractivity contribution in [2.45, 2.75) is 50.0 Å². The highest BCUT2D eigenvalue weighted by molar-refractivity contribution is 5.64. The lowest BCUT2D eigenvalue weighted by Crippen LogP contribution is -2.51. The summed E-state index contributed by atoms with van der Waals surface area (Å²) in [5.74, 6) is 0. The highest BCUT2D eigenvalue weighted by atomic mass is 19.4. The monoisotopic (exact) mass is 270 g/mol. The van der Waals surface area contributed by atoms with Crippen LogP contribution in [0.3, 0.4) is 0 Å². The molecule has 0 aliphatic heterocycles. The van der Waals surface area contributed by atoms with Gasteiger partial charge in [-0.15, -0.1) is 0 Å². The molecule has 0 bridgehead atoms. The van der Waals surface area contributed by atoms with Crippen LogP contribution in [0.1, 0.15) is 25.7 Å². The molecule has 106 valence electrons. The lowest BCUT2D eigenvalue weighted by Gasteiger charge is -2.32. The third kappa shape index (κ3) is 4.69. The Balaban J connectivity index is 2.37. The Labute approximate surface area is 102 Å². The van der Waals surface area contributed by atoms with Crippen LogP contribution in [0.4, 0.5) is 18.0 Å². The molecule has 0 aromatic carbocycles. The van der Waals surface area contributed by atoms with Crippen molar-refractivity contribution >= 4 is 6.09 Å². The Morgan fingerprint density at radius 3 is 2.11 bits per heavy atom. The number of amides is 1. The number of halogens is 3. The molecule has 0 saturated heterocycles. The average Bonchev–Trinajstić information content (AvgIpc) is 2.25. The molecule has 0 spiro atoms. The van der Waals surface area contributed by atoms with Gasteiger partial charge in [-0.2, -0.15) is 13.2 Å². The molecule has 4 N–H and O–H groups in total. The molecular formula is C10H17F3N2O3. The molecule has 0 radical (unpaired) electrons. The fourth-order valence-corrected chi connectivity index (χ4v) is 2.11. The first-order chi connectivity index (χ1) is 8.32. The van der Waals surface area contributed by atoms with E-state index in [4.69, 9.17) is 10.2 Å². The number of carbonyl (C=O) groups is 1. The summed E-state index contributed by atoms with van der Waals surface area (Å²) in [4.78, 5) is 10.4. The Hall–Kier alpha value is -1.02. The van der Waals surface area contributed by atoms with Crippen molar-refractivity contribution in [2.24, 2.45) is 0 Å². The number of alkyl halides is 3. The molecule has 0 aromatic heterocycles. The van der Waals surface area contributed by atoms with Crippen molar-refractivity contribution in [1.82, 2.24) is 10.6 Å². The fraction of sp³-hybridized carbons (Fsp3) is 0.900. The lowest BCUT2D eigenvalue weighted by molar-refractivity contribution is -0.166. The topological polar surface area (TPSA) is 81.6 Å². The number of aliphatic hydroxyl groups excluding tert-OH is 1. The first-order valence-electron chi connectivity index (χ1n) is 5.76. The molecule has 5 nitrogen and oxygen atoms in total. The largest absolute Gasteiger partial charge is 0.465 e. The van der Waals surface area contributed by atoms with Crippen LogP contribution in [0.15, 0.2) is 0 Å². The van der Waals surface area contributed by atoms with Gasteiger partial charge in [0, 0.05) is 12.1 Å². The van der Waals surface area contributed by atoms with Crippen molar-refractivity contribution in [1.29, 1.82) is 0 Å². The van der Waals surface area contributed by atoms with Crippen LogP contribution < -0.4 is 10.6 Å². The first kappa shape index (κ1) is 15.0. The third-order valence-corrected chi connectivity index (χ3v) is 3.07. The predicted molar refractivity (Wildman–Crippen MR) is 57.3 cm³/mol. The number of hydrogen-bond donors (Lipinski definition) is 4. The fourth-order valence-electron chi connectivity index (χ4n) is 2.11. The van der Waals surface area contributed by atoms with Crippen molar-refractivity contribution in [3.63, 3.8) is 0 Å². The Morgan fingerprint density at radius 1 is 1.22 bits per heavy atom. The second-order valence-electron chi connectivity index (χ2n) is 4.44. The van der Waals surface area contributed by atoms with E-state index in [2.05, 4.69) is 10.6 Å². The van der Waals surface area contributed by atoms with Gasteiger partial charge in [-0.3, -0.25) is 0 Å². The summed E-state index contributed by atoms with van der Waals surface area (Å²) in [5.41, 5.74) is 0. The van der Waals surface area contributed by atoms with E-state index < -0.39 is 24.9 Å². The number of aliphatic hydroxyl groups is 1.